The smallest absolute Gasteiger partial charge is 0.253 e. The van der Waals surface area contributed by atoms with Crippen LogP contribution in [0.5, 0.6) is 0 Å². The molecule has 1 aromatic carbocycles. The molecule has 26 heavy (non-hydrogen) atoms. The Labute approximate surface area is 154 Å². The molecule has 4 rings (SSSR count). The first-order valence-electron chi connectivity index (χ1n) is 8.15. The van der Waals surface area contributed by atoms with Crippen molar-refractivity contribution in [2.24, 2.45) is 0 Å². The molecule has 3 N–H and O–H groups in total. The number of pyridine rings is 2. The number of nitrogens with zero attached hydrogens (tertiary/aromatic N) is 2. The van der Waals surface area contributed by atoms with Crippen molar-refractivity contribution in [2.75, 3.05) is 5.32 Å². The summed E-state index contributed by atoms with van der Waals surface area (Å²) in [5, 5.41) is 11.7. The Morgan fingerprint density at radius 2 is 2.00 bits per heavy atom. The van der Waals surface area contributed by atoms with Crippen LogP contribution in [-0.4, -0.2) is 20.2 Å². The van der Waals surface area contributed by atoms with E-state index < -0.39 is 0 Å². The lowest BCUT2D eigenvalue weighted by Gasteiger charge is -2.15. The van der Waals surface area contributed by atoms with Gasteiger partial charge in [-0.3, -0.25) is 9.89 Å². The molecule has 6 nitrogen and oxygen atoms in total. The molecule has 0 amide bonds. The number of anilines is 1. The number of hydrogen-bond acceptors (Lipinski definition) is 4. The molecule has 0 aliphatic rings. The molecular weight excluding hydrogens is 350 g/mol. The highest BCUT2D eigenvalue weighted by atomic mass is 35.5. The van der Waals surface area contributed by atoms with Crippen molar-refractivity contribution in [2.45, 2.75) is 13.0 Å². The van der Waals surface area contributed by atoms with Crippen molar-refractivity contribution in [1.82, 2.24) is 20.2 Å². The molecule has 0 spiro atoms. The second kappa shape index (κ2) is 6.65. The Kier molecular flexibility index (Phi) is 4.18. The molecule has 0 bridgehead atoms. The van der Waals surface area contributed by atoms with Gasteiger partial charge in [0.2, 0.25) is 0 Å². The van der Waals surface area contributed by atoms with Crippen LogP contribution in [0.4, 0.5) is 5.82 Å². The van der Waals surface area contributed by atoms with E-state index in [4.69, 9.17) is 11.6 Å². The van der Waals surface area contributed by atoms with Crippen LogP contribution in [0.2, 0.25) is 5.02 Å². The van der Waals surface area contributed by atoms with E-state index in [9.17, 15) is 4.79 Å². The van der Waals surface area contributed by atoms with Crippen molar-refractivity contribution in [3.63, 3.8) is 0 Å². The van der Waals surface area contributed by atoms with Crippen molar-refractivity contribution >= 4 is 28.3 Å². The van der Waals surface area contributed by atoms with Crippen LogP contribution in [0, 0.1) is 0 Å². The van der Waals surface area contributed by atoms with Gasteiger partial charge in [0.1, 0.15) is 5.82 Å². The van der Waals surface area contributed by atoms with Gasteiger partial charge in [-0.25, -0.2) is 4.98 Å². The van der Waals surface area contributed by atoms with E-state index in [1.165, 1.54) is 0 Å². The van der Waals surface area contributed by atoms with Gasteiger partial charge in [0.05, 0.1) is 11.7 Å². The summed E-state index contributed by atoms with van der Waals surface area (Å²) in [4.78, 5) is 19.7. The van der Waals surface area contributed by atoms with Crippen molar-refractivity contribution < 1.29 is 0 Å². The molecule has 1 atom stereocenters. The SMILES string of the molecule is CC(Nc1cc(-c2ccn[nH]2)ccn1)c1cc2cc(Cl)ccc2[nH]c1=O. The first-order valence-corrected chi connectivity index (χ1v) is 8.53. The minimum absolute atomic E-state index is 0.135. The van der Waals surface area contributed by atoms with Gasteiger partial charge in [-0.2, -0.15) is 5.10 Å². The summed E-state index contributed by atoms with van der Waals surface area (Å²) in [6.07, 6.45) is 3.42. The van der Waals surface area contributed by atoms with Crippen molar-refractivity contribution in [1.29, 1.82) is 0 Å². The lowest BCUT2D eigenvalue weighted by atomic mass is 10.1. The number of benzene rings is 1. The molecule has 3 heterocycles. The van der Waals surface area contributed by atoms with E-state index in [1.807, 2.05) is 37.3 Å². The van der Waals surface area contributed by atoms with Gasteiger partial charge in [0, 0.05) is 39.4 Å². The summed E-state index contributed by atoms with van der Waals surface area (Å²) in [6, 6.07) is 12.7. The maximum Gasteiger partial charge on any atom is 0.253 e. The fourth-order valence-corrected chi connectivity index (χ4v) is 3.09. The molecule has 130 valence electrons. The standard InChI is InChI=1S/C19H16ClN5O/c1-11(15-9-13-8-14(20)2-3-16(13)24-19(15)26)23-18-10-12(4-6-21-18)17-5-7-22-25-17/h2-11H,1H3,(H,21,23)(H,22,25)(H,24,26). The number of nitrogens with one attached hydrogen (secondary N) is 3. The van der Waals surface area contributed by atoms with Gasteiger partial charge in [-0.15, -0.1) is 0 Å². The second-order valence-corrected chi connectivity index (χ2v) is 6.49. The predicted molar refractivity (Wildman–Crippen MR) is 103 cm³/mol. The topological polar surface area (TPSA) is 86.5 Å². The molecule has 0 aliphatic heterocycles. The Morgan fingerprint density at radius 1 is 1.12 bits per heavy atom. The first-order chi connectivity index (χ1) is 12.6. The van der Waals surface area contributed by atoms with Gasteiger partial charge >= 0.3 is 0 Å². The van der Waals surface area contributed by atoms with Crippen LogP contribution in [0.25, 0.3) is 22.2 Å². The van der Waals surface area contributed by atoms with Gasteiger partial charge in [-0.1, -0.05) is 11.6 Å². The van der Waals surface area contributed by atoms with E-state index in [2.05, 4.69) is 25.5 Å². The van der Waals surface area contributed by atoms with Gasteiger partial charge in [0.15, 0.2) is 0 Å². The predicted octanol–water partition coefficient (Wildman–Crippen LogP) is 4.14. The highest BCUT2D eigenvalue weighted by Crippen LogP contribution is 2.23. The molecular formula is C19H16ClN5O. The Morgan fingerprint density at radius 3 is 2.81 bits per heavy atom. The summed E-state index contributed by atoms with van der Waals surface area (Å²) in [7, 11) is 0. The third-order valence-electron chi connectivity index (χ3n) is 4.24. The Hall–Kier alpha value is -3.12. The van der Waals surface area contributed by atoms with Crippen LogP contribution in [-0.2, 0) is 0 Å². The van der Waals surface area contributed by atoms with Crippen molar-refractivity contribution in [3.05, 3.63) is 75.8 Å². The highest BCUT2D eigenvalue weighted by molar-refractivity contribution is 6.31. The minimum Gasteiger partial charge on any atom is -0.363 e. The van der Waals surface area contributed by atoms with E-state index in [0.717, 1.165) is 22.2 Å². The normalized spacial score (nSPS) is 12.2. The van der Waals surface area contributed by atoms with Crippen LogP contribution < -0.4 is 10.9 Å². The number of H-pyrrole nitrogens is 2. The number of hydrogen-bond donors (Lipinski definition) is 3. The third kappa shape index (κ3) is 3.19. The fraction of sp³-hybridized carbons (Fsp3) is 0.105. The van der Waals surface area contributed by atoms with E-state index in [0.29, 0.717) is 16.4 Å². The Balaban J connectivity index is 1.65. The van der Waals surface area contributed by atoms with Crippen LogP contribution in [0.15, 0.2) is 59.7 Å². The summed E-state index contributed by atoms with van der Waals surface area (Å²) in [6.45, 7) is 1.92. The number of aromatic nitrogens is 4. The largest absolute Gasteiger partial charge is 0.363 e. The Bertz CT molecular complexity index is 1120. The molecule has 0 radical (unpaired) electrons. The minimum atomic E-state index is -0.230. The van der Waals surface area contributed by atoms with Crippen LogP contribution in [0.1, 0.15) is 18.5 Å². The lowest BCUT2D eigenvalue weighted by molar-refractivity contribution is 0.857. The summed E-state index contributed by atoms with van der Waals surface area (Å²) in [5.74, 6) is 0.676. The molecule has 0 saturated heterocycles. The molecule has 7 heteroatoms. The number of rotatable bonds is 4. The zero-order valence-corrected chi connectivity index (χ0v) is 14.7. The molecule has 0 aliphatic carbocycles. The maximum atomic E-state index is 12.4. The fourth-order valence-electron chi connectivity index (χ4n) is 2.91. The molecule has 0 fully saturated rings. The van der Waals surface area contributed by atoms with Crippen molar-refractivity contribution in [3.8, 4) is 11.3 Å². The first kappa shape index (κ1) is 16.4. The number of aromatic amines is 2. The van der Waals surface area contributed by atoms with Crippen LogP contribution in [0.3, 0.4) is 0 Å². The van der Waals surface area contributed by atoms with Gasteiger partial charge < -0.3 is 10.3 Å². The highest BCUT2D eigenvalue weighted by Gasteiger charge is 2.12. The average Bonchev–Trinajstić information content (AvgIpc) is 3.16. The number of fused-ring (bicyclic) bond motifs is 1. The zero-order chi connectivity index (χ0) is 18.1. The molecule has 4 aromatic rings. The molecule has 1 unspecified atom stereocenters. The summed E-state index contributed by atoms with van der Waals surface area (Å²) < 4.78 is 0. The van der Waals surface area contributed by atoms with E-state index >= 15 is 0 Å². The second-order valence-electron chi connectivity index (χ2n) is 6.05. The third-order valence-corrected chi connectivity index (χ3v) is 4.47. The maximum absolute atomic E-state index is 12.4. The van der Waals surface area contributed by atoms with E-state index in [-0.39, 0.29) is 11.6 Å². The van der Waals surface area contributed by atoms with E-state index in [1.54, 1.807) is 24.5 Å². The quantitative estimate of drug-likeness (QED) is 0.507. The molecule has 0 saturated carbocycles. The van der Waals surface area contributed by atoms with Gasteiger partial charge in [-0.05, 0) is 49.4 Å². The zero-order valence-electron chi connectivity index (χ0n) is 14.0. The lowest BCUT2D eigenvalue weighted by Crippen LogP contribution is -2.19. The average molecular weight is 366 g/mol. The summed E-state index contributed by atoms with van der Waals surface area (Å²) >= 11 is 6.06. The summed E-state index contributed by atoms with van der Waals surface area (Å²) in [5.41, 5.74) is 3.11. The van der Waals surface area contributed by atoms with Crippen LogP contribution >= 0.6 is 11.6 Å². The number of halogens is 1. The molecule has 3 aromatic heterocycles. The monoisotopic (exact) mass is 365 g/mol. The van der Waals surface area contributed by atoms with Gasteiger partial charge in [0.25, 0.3) is 5.56 Å².